The molecule has 2 heteroatoms. The topological polar surface area (TPSA) is 16.4 Å². The van der Waals surface area contributed by atoms with Gasteiger partial charge in [-0.25, -0.2) is 0 Å². The number of furan rings is 1. The molecule has 0 bridgehead atoms. The molecule has 260 valence electrons. The Balaban J connectivity index is 1.34. The van der Waals surface area contributed by atoms with Gasteiger partial charge >= 0.3 is 0 Å². The number of anilines is 3. The highest BCUT2D eigenvalue weighted by Gasteiger charge is 2.39. The average molecular weight is 680 g/mol. The number of rotatable bonds is 3. The van der Waals surface area contributed by atoms with Crippen LogP contribution in [0, 0.1) is 0 Å². The summed E-state index contributed by atoms with van der Waals surface area (Å²) in [4.78, 5) is 2.51. The fraction of sp³-hybridized carbons (Fsp3) is 0.280. The summed E-state index contributed by atoms with van der Waals surface area (Å²) in [6.07, 6.45) is 0. The minimum absolute atomic E-state index is 0.00782. The minimum Gasteiger partial charge on any atom is -0.456 e. The summed E-state index contributed by atoms with van der Waals surface area (Å²) in [6.45, 7) is 23.3. The first kappa shape index (κ1) is 32.8. The van der Waals surface area contributed by atoms with E-state index in [2.05, 4.69) is 189 Å². The fourth-order valence-electron chi connectivity index (χ4n) is 9.24. The third-order valence-corrected chi connectivity index (χ3v) is 12.1. The van der Waals surface area contributed by atoms with Crippen LogP contribution in [0.2, 0.25) is 0 Å². The Morgan fingerprint density at radius 3 is 1.81 bits per heavy atom. The van der Waals surface area contributed by atoms with Crippen LogP contribution in [0.3, 0.4) is 0 Å². The van der Waals surface area contributed by atoms with Crippen LogP contribution in [0.4, 0.5) is 17.1 Å². The molecule has 1 heterocycles. The predicted octanol–water partition coefficient (Wildman–Crippen LogP) is 14.3. The van der Waals surface area contributed by atoms with Crippen LogP contribution in [-0.2, 0) is 21.7 Å². The van der Waals surface area contributed by atoms with Crippen LogP contribution < -0.4 is 4.90 Å². The lowest BCUT2D eigenvalue weighted by molar-refractivity contribution is 0.569. The lowest BCUT2D eigenvalue weighted by Crippen LogP contribution is -2.17. The Hall–Kier alpha value is -5.08. The Morgan fingerprint density at radius 2 is 1.10 bits per heavy atom. The molecule has 9 rings (SSSR count). The zero-order valence-electron chi connectivity index (χ0n) is 32.3. The van der Waals surface area contributed by atoms with E-state index >= 15 is 0 Å². The molecular formula is C50H49NO. The summed E-state index contributed by atoms with van der Waals surface area (Å²) in [5, 5.41) is 2.37. The Bertz CT molecular complexity index is 2600. The summed E-state index contributed by atoms with van der Waals surface area (Å²) in [6, 6.07) is 43.4. The second-order valence-electron chi connectivity index (χ2n) is 18.3. The zero-order chi connectivity index (χ0) is 36.5. The molecule has 6 aromatic carbocycles. The molecule has 0 spiro atoms. The molecule has 0 atom stereocenters. The molecule has 0 aliphatic heterocycles. The maximum atomic E-state index is 6.72. The largest absolute Gasteiger partial charge is 0.456 e. The second kappa shape index (κ2) is 10.7. The average Bonchev–Trinajstić information content (AvgIpc) is 3.67. The molecule has 7 aromatic rings. The standard InChI is InChI=1S/C50H49NO/c1-47(2,3)30-26-41(48(4,5)6)46-36-28-31(23-25-43(36)52-44(46)27-30)51(32-22-24-34-33-16-11-13-18-37(33)50(9,10)40(34)29-32)42-21-15-20-39-45(42)35-17-12-14-19-38(35)49(39,7)8/h11-29H,1-10H3. The summed E-state index contributed by atoms with van der Waals surface area (Å²) in [5.41, 5.74) is 18.5. The molecule has 0 amide bonds. The van der Waals surface area contributed by atoms with Crippen molar-refractivity contribution in [2.45, 2.75) is 90.9 Å². The van der Waals surface area contributed by atoms with Crippen molar-refractivity contribution in [3.05, 3.63) is 149 Å². The van der Waals surface area contributed by atoms with E-state index in [0.29, 0.717) is 0 Å². The van der Waals surface area contributed by atoms with Crippen molar-refractivity contribution >= 4 is 39.0 Å². The fourth-order valence-corrected chi connectivity index (χ4v) is 9.24. The maximum absolute atomic E-state index is 6.72. The van der Waals surface area contributed by atoms with Crippen LogP contribution in [0.25, 0.3) is 44.2 Å². The van der Waals surface area contributed by atoms with Gasteiger partial charge in [-0.05, 0) is 103 Å². The van der Waals surface area contributed by atoms with E-state index in [9.17, 15) is 0 Å². The number of hydrogen-bond acceptors (Lipinski definition) is 2. The number of benzene rings is 6. The molecule has 0 N–H and O–H groups in total. The van der Waals surface area contributed by atoms with E-state index in [4.69, 9.17) is 4.42 Å². The molecule has 1 aromatic heterocycles. The van der Waals surface area contributed by atoms with Gasteiger partial charge in [0.2, 0.25) is 0 Å². The maximum Gasteiger partial charge on any atom is 0.136 e. The smallest absolute Gasteiger partial charge is 0.136 e. The normalized spacial score (nSPS) is 15.4. The Labute approximate surface area is 309 Å². The van der Waals surface area contributed by atoms with Crippen LogP contribution in [0.5, 0.6) is 0 Å². The van der Waals surface area contributed by atoms with Crippen LogP contribution in [0.15, 0.2) is 120 Å². The van der Waals surface area contributed by atoms with Gasteiger partial charge in [0.05, 0.1) is 5.69 Å². The highest BCUT2D eigenvalue weighted by Crippen LogP contribution is 2.56. The first-order valence-electron chi connectivity index (χ1n) is 18.9. The van der Waals surface area contributed by atoms with Gasteiger partial charge < -0.3 is 9.32 Å². The lowest BCUT2D eigenvalue weighted by Gasteiger charge is -2.30. The third kappa shape index (κ3) is 4.62. The quantitative estimate of drug-likeness (QED) is 0.185. The van der Waals surface area contributed by atoms with Crippen molar-refractivity contribution in [2.24, 2.45) is 0 Å². The molecule has 2 aliphatic carbocycles. The highest BCUT2D eigenvalue weighted by molar-refractivity contribution is 6.09. The third-order valence-electron chi connectivity index (χ3n) is 12.1. The van der Waals surface area contributed by atoms with Crippen LogP contribution in [-0.4, -0.2) is 0 Å². The zero-order valence-corrected chi connectivity index (χ0v) is 32.3. The SMILES string of the molecule is CC(C)(C)c1cc(C(C)(C)C)c2c(c1)oc1ccc(N(c3ccc4c(c3)C(C)(C)c3ccccc3-4)c3cccc4c3-c3ccccc3C4(C)C)cc12. The Morgan fingerprint density at radius 1 is 0.500 bits per heavy atom. The van der Waals surface area contributed by atoms with Crippen LogP contribution >= 0.6 is 0 Å². The number of nitrogens with zero attached hydrogens (tertiary/aromatic N) is 1. The summed E-state index contributed by atoms with van der Waals surface area (Å²) >= 11 is 0. The predicted molar refractivity (Wildman–Crippen MR) is 221 cm³/mol. The highest BCUT2D eigenvalue weighted by atomic mass is 16.3. The van der Waals surface area contributed by atoms with Crippen molar-refractivity contribution in [1.82, 2.24) is 0 Å². The van der Waals surface area contributed by atoms with Crippen molar-refractivity contribution < 1.29 is 4.42 Å². The van der Waals surface area contributed by atoms with Crippen molar-refractivity contribution in [1.29, 1.82) is 0 Å². The van der Waals surface area contributed by atoms with Gasteiger partial charge in [0.25, 0.3) is 0 Å². The van der Waals surface area contributed by atoms with Gasteiger partial charge in [-0.2, -0.15) is 0 Å². The van der Waals surface area contributed by atoms with Gasteiger partial charge in [0.1, 0.15) is 11.2 Å². The molecule has 0 fully saturated rings. The summed E-state index contributed by atoms with van der Waals surface area (Å²) in [5.74, 6) is 0. The molecule has 0 radical (unpaired) electrons. The first-order valence-corrected chi connectivity index (χ1v) is 18.9. The van der Waals surface area contributed by atoms with E-state index in [-0.39, 0.29) is 21.7 Å². The molecular weight excluding hydrogens is 631 g/mol. The Kier molecular flexibility index (Phi) is 6.77. The van der Waals surface area contributed by atoms with E-state index in [1.54, 1.807) is 0 Å². The van der Waals surface area contributed by atoms with E-state index in [1.807, 2.05) is 0 Å². The van der Waals surface area contributed by atoms with E-state index in [0.717, 1.165) is 27.9 Å². The second-order valence-corrected chi connectivity index (χ2v) is 18.3. The summed E-state index contributed by atoms with van der Waals surface area (Å²) < 4.78 is 6.72. The minimum atomic E-state index is -0.113. The summed E-state index contributed by atoms with van der Waals surface area (Å²) in [7, 11) is 0. The monoisotopic (exact) mass is 679 g/mol. The van der Waals surface area contributed by atoms with E-state index < -0.39 is 0 Å². The van der Waals surface area contributed by atoms with Gasteiger partial charge in [0, 0.05) is 38.5 Å². The lowest BCUT2D eigenvalue weighted by atomic mass is 9.79. The van der Waals surface area contributed by atoms with Gasteiger partial charge in [-0.3, -0.25) is 0 Å². The van der Waals surface area contributed by atoms with Gasteiger partial charge in [0.15, 0.2) is 0 Å². The molecule has 0 unspecified atom stereocenters. The molecule has 2 nitrogen and oxygen atoms in total. The molecule has 2 aliphatic rings. The van der Waals surface area contributed by atoms with Gasteiger partial charge in [-0.15, -0.1) is 0 Å². The van der Waals surface area contributed by atoms with Crippen LogP contribution in [0.1, 0.15) is 103 Å². The molecule has 52 heavy (non-hydrogen) atoms. The molecule has 0 saturated carbocycles. The van der Waals surface area contributed by atoms with Crippen molar-refractivity contribution in [2.75, 3.05) is 4.90 Å². The van der Waals surface area contributed by atoms with Crippen molar-refractivity contribution in [3.63, 3.8) is 0 Å². The first-order chi connectivity index (χ1) is 24.6. The van der Waals surface area contributed by atoms with Gasteiger partial charge in [-0.1, -0.05) is 142 Å². The van der Waals surface area contributed by atoms with E-state index in [1.165, 1.54) is 66.7 Å². The molecule has 0 saturated heterocycles. The number of hydrogen-bond donors (Lipinski definition) is 0. The van der Waals surface area contributed by atoms with Crippen molar-refractivity contribution in [3.8, 4) is 22.3 Å². The number of fused-ring (bicyclic) bond motifs is 9.